The molecule has 5 rings (SSSR count). The van der Waals surface area contributed by atoms with Gasteiger partial charge in [-0.3, -0.25) is 24.0 Å². The predicted octanol–water partition coefficient (Wildman–Crippen LogP) is 1.99. The number of Topliss-reactive ketones (excluding diaryl/α,β-unsaturated/α-hetero) is 4. The van der Waals surface area contributed by atoms with Gasteiger partial charge >= 0.3 is 6.03 Å². The van der Waals surface area contributed by atoms with Crippen LogP contribution in [0, 0.1) is 23.7 Å². The van der Waals surface area contributed by atoms with Crippen LogP contribution in [0.3, 0.4) is 0 Å². The molecule has 2 aromatic carbocycles. The van der Waals surface area contributed by atoms with Gasteiger partial charge in [0.05, 0.1) is 18.1 Å². The van der Waals surface area contributed by atoms with Crippen molar-refractivity contribution in [1.29, 1.82) is 0 Å². The van der Waals surface area contributed by atoms with E-state index in [2.05, 4.69) is 10.6 Å². The molecule has 45 heavy (non-hydrogen) atoms. The van der Waals surface area contributed by atoms with Crippen molar-refractivity contribution in [3.05, 3.63) is 47.0 Å². The molecule has 3 aliphatic rings. The first-order valence-corrected chi connectivity index (χ1v) is 14.9. The van der Waals surface area contributed by atoms with Crippen molar-refractivity contribution >= 4 is 35.1 Å². The van der Waals surface area contributed by atoms with E-state index in [9.17, 15) is 39.0 Å². The number of phenols is 1. The highest BCUT2D eigenvalue weighted by Gasteiger charge is 2.66. The van der Waals surface area contributed by atoms with Crippen molar-refractivity contribution in [1.82, 2.24) is 10.6 Å². The van der Waals surface area contributed by atoms with Gasteiger partial charge in [-0.1, -0.05) is 12.1 Å². The second kappa shape index (κ2) is 11.4. The SMILES string of the molecule is CCOc1ccc(-c2ccc(O)c3c2C[C@H]2C[C@H]4CC(=O)C(C(N)=O)C(=O)[C@@]4(O)C(=O)C2C3=O)cc1CNC(=O)NC(C)(C)C. The Bertz CT molecular complexity index is 1640. The number of hydrogen-bond acceptors (Lipinski definition) is 9. The minimum atomic E-state index is -2.70. The summed E-state index contributed by atoms with van der Waals surface area (Å²) in [6.07, 6.45) is -0.265. The van der Waals surface area contributed by atoms with Crippen molar-refractivity contribution in [3.8, 4) is 22.6 Å². The number of aromatic hydroxyl groups is 1. The molecule has 0 saturated heterocycles. The second-order valence-corrected chi connectivity index (χ2v) is 13.0. The number of phenolic OH excluding ortho intramolecular Hbond substituents is 1. The molecule has 3 aliphatic carbocycles. The standard InChI is InChI=1S/C33H37N3O9/c1-5-45-23-9-6-15(10-17(23)14-35-31(43)36-32(2,3)4)19-7-8-21(37)25-20(19)12-16-11-18-13-22(38)26(30(34)42)29(41)33(18,44)28(40)24(16)27(25)39/h6-10,16,18,24,26,37,44H,5,11-14H2,1-4H3,(H2,34,42)(H2,35,36,43)/t16-,18+,24?,26?,33+/m1/s1. The van der Waals surface area contributed by atoms with Gasteiger partial charge in [-0.2, -0.15) is 0 Å². The van der Waals surface area contributed by atoms with Crippen LogP contribution in [0.2, 0.25) is 0 Å². The van der Waals surface area contributed by atoms with Crippen LogP contribution < -0.4 is 21.1 Å². The maximum Gasteiger partial charge on any atom is 0.315 e. The zero-order valence-electron chi connectivity index (χ0n) is 25.6. The van der Waals surface area contributed by atoms with E-state index >= 15 is 0 Å². The topological polar surface area (TPSA) is 202 Å². The second-order valence-electron chi connectivity index (χ2n) is 13.0. The molecule has 6 N–H and O–H groups in total. The number of carbonyl (C=O) groups is 6. The molecular weight excluding hydrogens is 582 g/mol. The van der Waals surface area contributed by atoms with Crippen molar-refractivity contribution in [2.75, 3.05) is 6.61 Å². The Balaban J connectivity index is 1.52. The molecule has 3 amide bonds. The van der Waals surface area contributed by atoms with Gasteiger partial charge in [-0.05, 0) is 81.3 Å². The Labute approximate surface area is 259 Å². The third-order valence-electron chi connectivity index (χ3n) is 8.88. The summed E-state index contributed by atoms with van der Waals surface area (Å²) in [5, 5.41) is 27.9. The highest BCUT2D eigenvalue weighted by molar-refractivity contribution is 6.31. The van der Waals surface area contributed by atoms with Crippen LogP contribution in [-0.4, -0.2) is 63.0 Å². The normalized spacial score (nSPS) is 26.0. The third kappa shape index (κ3) is 5.47. The largest absolute Gasteiger partial charge is 0.507 e. The van der Waals surface area contributed by atoms with E-state index in [1.165, 1.54) is 6.07 Å². The van der Waals surface area contributed by atoms with E-state index in [4.69, 9.17) is 10.5 Å². The zero-order chi connectivity index (χ0) is 33.0. The minimum Gasteiger partial charge on any atom is -0.507 e. The van der Waals surface area contributed by atoms with Crippen molar-refractivity contribution in [2.45, 2.75) is 64.6 Å². The van der Waals surface area contributed by atoms with Gasteiger partial charge < -0.3 is 31.3 Å². The number of nitrogens with one attached hydrogen (secondary N) is 2. The van der Waals surface area contributed by atoms with Crippen LogP contribution in [0.1, 0.15) is 62.0 Å². The maximum atomic E-state index is 13.9. The van der Waals surface area contributed by atoms with Gasteiger partial charge in [-0.25, -0.2) is 4.79 Å². The van der Waals surface area contributed by atoms with Crippen molar-refractivity contribution in [3.63, 3.8) is 0 Å². The van der Waals surface area contributed by atoms with Crippen LogP contribution in [0.25, 0.3) is 11.1 Å². The minimum absolute atomic E-state index is 0.00250. The molecule has 2 saturated carbocycles. The van der Waals surface area contributed by atoms with Gasteiger partial charge in [0.2, 0.25) is 5.91 Å². The quantitative estimate of drug-likeness (QED) is 0.300. The van der Waals surface area contributed by atoms with Gasteiger partial charge in [0.1, 0.15) is 11.5 Å². The molecule has 0 aliphatic heterocycles. The van der Waals surface area contributed by atoms with Crippen LogP contribution in [-0.2, 0) is 32.1 Å². The Morgan fingerprint density at radius 1 is 1.07 bits per heavy atom. The van der Waals surface area contributed by atoms with Crippen molar-refractivity contribution < 1.29 is 43.7 Å². The Morgan fingerprint density at radius 2 is 1.78 bits per heavy atom. The number of primary amides is 1. The average Bonchev–Trinajstić information content (AvgIpc) is 2.93. The van der Waals surface area contributed by atoms with Crippen LogP contribution >= 0.6 is 0 Å². The molecule has 0 bridgehead atoms. The monoisotopic (exact) mass is 619 g/mol. The number of carbonyl (C=O) groups excluding carboxylic acids is 6. The van der Waals surface area contributed by atoms with Crippen LogP contribution in [0.15, 0.2) is 30.3 Å². The van der Waals surface area contributed by atoms with Gasteiger partial charge in [0, 0.05) is 30.0 Å². The molecular formula is C33H37N3O9. The lowest BCUT2D eigenvalue weighted by atomic mass is 9.53. The van der Waals surface area contributed by atoms with Gasteiger partial charge in [0.15, 0.2) is 34.7 Å². The van der Waals surface area contributed by atoms with E-state index in [-0.39, 0.29) is 36.7 Å². The Hall–Kier alpha value is -4.58. The van der Waals surface area contributed by atoms with E-state index in [0.29, 0.717) is 34.6 Å². The fourth-order valence-corrected chi connectivity index (χ4v) is 6.98. The number of amides is 3. The molecule has 0 radical (unpaired) electrons. The first kappa shape index (κ1) is 31.8. The highest BCUT2D eigenvalue weighted by atomic mass is 16.5. The number of ether oxygens (including phenoxy) is 1. The molecule has 0 aromatic heterocycles. The molecule has 0 heterocycles. The maximum absolute atomic E-state index is 13.9. The van der Waals surface area contributed by atoms with Gasteiger partial charge in [0.25, 0.3) is 0 Å². The molecule has 2 aromatic rings. The van der Waals surface area contributed by atoms with E-state index in [1.807, 2.05) is 33.8 Å². The molecule has 0 spiro atoms. The lowest BCUT2D eigenvalue weighted by molar-refractivity contribution is -0.175. The number of aliphatic hydroxyl groups is 1. The number of rotatable bonds is 6. The van der Waals surface area contributed by atoms with Gasteiger partial charge in [-0.15, -0.1) is 0 Å². The fourth-order valence-electron chi connectivity index (χ4n) is 6.98. The van der Waals surface area contributed by atoms with E-state index in [0.717, 1.165) is 0 Å². The summed E-state index contributed by atoms with van der Waals surface area (Å²) >= 11 is 0. The summed E-state index contributed by atoms with van der Waals surface area (Å²) in [5.74, 6) is -10.1. The first-order valence-electron chi connectivity index (χ1n) is 14.9. The number of hydrogen-bond donors (Lipinski definition) is 5. The third-order valence-corrected chi connectivity index (χ3v) is 8.88. The first-order chi connectivity index (χ1) is 21.1. The van der Waals surface area contributed by atoms with Crippen molar-refractivity contribution in [2.24, 2.45) is 29.4 Å². The van der Waals surface area contributed by atoms with E-state index < -0.39 is 70.3 Å². The molecule has 2 unspecified atom stereocenters. The van der Waals surface area contributed by atoms with Crippen LogP contribution in [0.4, 0.5) is 4.79 Å². The smallest absolute Gasteiger partial charge is 0.315 e. The summed E-state index contributed by atoms with van der Waals surface area (Å²) in [6, 6.07) is 8.00. The summed E-state index contributed by atoms with van der Waals surface area (Å²) in [7, 11) is 0. The number of ketones is 4. The van der Waals surface area contributed by atoms with Crippen LogP contribution in [0.5, 0.6) is 11.5 Å². The lowest BCUT2D eigenvalue weighted by Gasteiger charge is -2.48. The molecule has 12 nitrogen and oxygen atoms in total. The number of urea groups is 1. The zero-order valence-corrected chi connectivity index (χ0v) is 25.6. The highest BCUT2D eigenvalue weighted by Crippen LogP contribution is 2.51. The molecule has 2 fully saturated rings. The van der Waals surface area contributed by atoms with E-state index in [1.54, 1.807) is 18.2 Å². The summed E-state index contributed by atoms with van der Waals surface area (Å²) in [6.45, 7) is 7.95. The summed E-state index contributed by atoms with van der Waals surface area (Å²) in [5.41, 5.74) is 4.44. The number of fused-ring (bicyclic) bond motifs is 3. The molecule has 12 heteroatoms. The Morgan fingerprint density at radius 3 is 2.42 bits per heavy atom. The predicted molar refractivity (Wildman–Crippen MR) is 160 cm³/mol. The fraction of sp³-hybridized carbons (Fsp3) is 0.455. The summed E-state index contributed by atoms with van der Waals surface area (Å²) < 4.78 is 5.78. The summed E-state index contributed by atoms with van der Waals surface area (Å²) in [4.78, 5) is 77.8. The molecule has 238 valence electrons. The molecule has 5 atom stereocenters. The lowest BCUT2D eigenvalue weighted by Crippen LogP contribution is -2.68. The Kier molecular flexibility index (Phi) is 8.07. The average molecular weight is 620 g/mol. The number of nitrogens with two attached hydrogens (primary N) is 1. The number of benzene rings is 2.